The fourth-order valence-electron chi connectivity index (χ4n) is 1.87. The summed E-state index contributed by atoms with van der Waals surface area (Å²) in [7, 11) is 0. The van der Waals surface area contributed by atoms with Crippen molar-refractivity contribution in [3.8, 4) is 5.75 Å². The number of carbonyl (C=O) groups is 1. The molecule has 0 aromatic heterocycles. The molecule has 110 valence electrons. The van der Waals surface area contributed by atoms with Crippen molar-refractivity contribution in [1.82, 2.24) is 0 Å². The lowest BCUT2D eigenvalue weighted by Crippen LogP contribution is -2.11. The molecule has 21 heavy (non-hydrogen) atoms. The molecule has 0 radical (unpaired) electrons. The van der Waals surface area contributed by atoms with Crippen molar-refractivity contribution in [2.24, 2.45) is 0 Å². The number of hydrogen-bond acceptors (Lipinski definition) is 3. The van der Waals surface area contributed by atoms with Crippen molar-refractivity contribution in [3.63, 3.8) is 0 Å². The lowest BCUT2D eigenvalue weighted by Gasteiger charge is -2.14. The maximum Gasteiger partial charge on any atom is 0.163 e. The fraction of sp³-hybridized carbons (Fsp3) is 0.188. The zero-order valence-corrected chi connectivity index (χ0v) is 11.3. The molecule has 3 nitrogen and oxygen atoms in total. The van der Waals surface area contributed by atoms with E-state index in [-0.39, 0.29) is 18.0 Å². The van der Waals surface area contributed by atoms with E-state index in [1.165, 1.54) is 13.0 Å². The van der Waals surface area contributed by atoms with Crippen LogP contribution in [0.15, 0.2) is 42.5 Å². The number of aliphatic hydroxyl groups is 1. The molecule has 1 atom stereocenters. The molecule has 0 heterocycles. The molecule has 1 unspecified atom stereocenters. The lowest BCUT2D eigenvalue weighted by atomic mass is 10.1. The highest BCUT2D eigenvalue weighted by Crippen LogP contribution is 2.22. The molecule has 0 fully saturated rings. The average molecular weight is 292 g/mol. The summed E-state index contributed by atoms with van der Waals surface area (Å²) >= 11 is 0. The van der Waals surface area contributed by atoms with Gasteiger partial charge in [-0.15, -0.1) is 0 Å². The highest BCUT2D eigenvalue weighted by Gasteiger charge is 2.13. The molecule has 0 saturated carbocycles. The van der Waals surface area contributed by atoms with Crippen LogP contribution in [0.3, 0.4) is 0 Å². The monoisotopic (exact) mass is 292 g/mol. The van der Waals surface area contributed by atoms with Gasteiger partial charge in [0.1, 0.15) is 18.5 Å². The number of rotatable bonds is 5. The van der Waals surface area contributed by atoms with Crippen molar-refractivity contribution in [1.29, 1.82) is 0 Å². The van der Waals surface area contributed by atoms with Crippen LogP contribution in [0.25, 0.3) is 0 Å². The number of ketones is 1. The third-order valence-electron chi connectivity index (χ3n) is 2.99. The minimum Gasteiger partial charge on any atom is -0.490 e. The van der Waals surface area contributed by atoms with Gasteiger partial charge in [-0.25, -0.2) is 8.78 Å². The second kappa shape index (κ2) is 6.45. The van der Waals surface area contributed by atoms with Gasteiger partial charge in [-0.1, -0.05) is 18.2 Å². The van der Waals surface area contributed by atoms with E-state index in [0.717, 1.165) is 12.1 Å². The number of benzene rings is 2. The Labute approximate surface area is 120 Å². The summed E-state index contributed by atoms with van der Waals surface area (Å²) in [5.41, 5.74) is 0.601. The SMILES string of the molecule is CC(=O)c1ccccc1OCC(O)c1ccc(F)c(F)c1. The van der Waals surface area contributed by atoms with E-state index >= 15 is 0 Å². The third-order valence-corrected chi connectivity index (χ3v) is 2.99. The van der Waals surface area contributed by atoms with Gasteiger partial charge in [-0.2, -0.15) is 0 Å². The Morgan fingerprint density at radius 3 is 2.57 bits per heavy atom. The standard InChI is InChI=1S/C16H14F2O3/c1-10(19)12-4-2-3-5-16(12)21-9-15(20)11-6-7-13(17)14(18)8-11/h2-8,15,20H,9H2,1H3. The van der Waals surface area contributed by atoms with E-state index in [2.05, 4.69) is 0 Å². The van der Waals surface area contributed by atoms with Crippen LogP contribution < -0.4 is 4.74 Å². The van der Waals surface area contributed by atoms with E-state index in [1.54, 1.807) is 24.3 Å². The minimum absolute atomic E-state index is 0.159. The molecule has 0 saturated heterocycles. The summed E-state index contributed by atoms with van der Waals surface area (Å²) in [6.07, 6.45) is -1.12. The predicted molar refractivity (Wildman–Crippen MR) is 73.3 cm³/mol. The zero-order chi connectivity index (χ0) is 15.4. The number of halogens is 2. The first-order valence-electron chi connectivity index (χ1n) is 6.35. The Hall–Kier alpha value is -2.27. The second-order valence-corrected chi connectivity index (χ2v) is 4.55. The molecule has 2 rings (SSSR count). The van der Waals surface area contributed by atoms with E-state index in [4.69, 9.17) is 4.74 Å². The van der Waals surface area contributed by atoms with Gasteiger partial charge in [0.15, 0.2) is 17.4 Å². The van der Waals surface area contributed by atoms with Gasteiger partial charge in [0.25, 0.3) is 0 Å². The van der Waals surface area contributed by atoms with Crippen LogP contribution in [0, 0.1) is 11.6 Å². The molecule has 0 bridgehead atoms. The summed E-state index contributed by atoms with van der Waals surface area (Å²) < 4.78 is 31.3. The van der Waals surface area contributed by atoms with Gasteiger partial charge in [0, 0.05) is 0 Å². The number of aliphatic hydroxyl groups excluding tert-OH is 1. The van der Waals surface area contributed by atoms with Crippen LogP contribution in [-0.2, 0) is 0 Å². The first-order chi connectivity index (χ1) is 9.99. The third kappa shape index (κ3) is 3.64. The molecule has 0 spiro atoms. The van der Waals surface area contributed by atoms with E-state index < -0.39 is 17.7 Å². The largest absolute Gasteiger partial charge is 0.490 e. The zero-order valence-electron chi connectivity index (χ0n) is 11.3. The Morgan fingerprint density at radius 2 is 1.90 bits per heavy atom. The van der Waals surface area contributed by atoms with E-state index in [9.17, 15) is 18.7 Å². The van der Waals surface area contributed by atoms with Crippen LogP contribution in [0.1, 0.15) is 28.9 Å². The van der Waals surface area contributed by atoms with Crippen molar-refractivity contribution in [3.05, 3.63) is 65.2 Å². The van der Waals surface area contributed by atoms with Gasteiger partial charge < -0.3 is 9.84 Å². The number of carbonyl (C=O) groups excluding carboxylic acids is 1. The molecule has 1 N–H and O–H groups in total. The molecule has 0 amide bonds. The van der Waals surface area contributed by atoms with Crippen LogP contribution in [-0.4, -0.2) is 17.5 Å². The average Bonchev–Trinajstić information content (AvgIpc) is 2.47. The van der Waals surface area contributed by atoms with E-state index in [0.29, 0.717) is 11.3 Å². The molecule has 2 aromatic carbocycles. The summed E-state index contributed by atoms with van der Waals surface area (Å²) in [4.78, 5) is 11.4. The van der Waals surface area contributed by atoms with Crippen LogP contribution in [0.4, 0.5) is 8.78 Å². The topological polar surface area (TPSA) is 46.5 Å². The quantitative estimate of drug-likeness (QED) is 0.860. The van der Waals surface area contributed by atoms with Gasteiger partial charge in [0.2, 0.25) is 0 Å². The van der Waals surface area contributed by atoms with Gasteiger partial charge in [0.05, 0.1) is 5.56 Å². The Morgan fingerprint density at radius 1 is 1.19 bits per heavy atom. The summed E-state index contributed by atoms with van der Waals surface area (Å²) in [6.45, 7) is 1.24. The maximum absolute atomic E-state index is 13.1. The van der Waals surface area contributed by atoms with Crippen molar-refractivity contribution < 1.29 is 23.4 Å². The van der Waals surface area contributed by atoms with Gasteiger partial charge in [-0.3, -0.25) is 4.79 Å². The van der Waals surface area contributed by atoms with Crippen LogP contribution in [0.2, 0.25) is 0 Å². The van der Waals surface area contributed by atoms with Crippen molar-refractivity contribution >= 4 is 5.78 Å². The normalized spacial score (nSPS) is 12.0. The number of hydrogen-bond donors (Lipinski definition) is 1. The first kappa shape index (κ1) is 15.1. The first-order valence-corrected chi connectivity index (χ1v) is 6.35. The summed E-state index contributed by atoms with van der Waals surface area (Å²) in [5.74, 6) is -1.83. The highest BCUT2D eigenvalue weighted by molar-refractivity contribution is 5.96. The Balaban J connectivity index is 2.09. The highest BCUT2D eigenvalue weighted by atomic mass is 19.2. The fourth-order valence-corrected chi connectivity index (χ4v) is 1.87. The summed E-state index contributed by atoms with van der Waals surface area (Å²) in [5, 5.41) is 9.93. The molecule has 5 heteroatoms. The Bertz CT molecular complexity index is 656. The number of Topliss-reactive ketones (excluding diaryl/α,β-unsaturated/α-hetero) is 1. The second-order valence-electron chi connectivity index (χ2n) is 4.55. The van der Waals surface area contributed by atoms with Gasteiger partial charge >= 0.3 is 0 Å². The molecular formula is C16H14F2O3. The lowest BCUT2D eigenvalue weighted by molar-refractivity contribution is 0.0976. The maximum atomic E-state index is 13.1. The van der Waals surface area contributed by atoms with Crippen LogP contribution in [0.5, 0.6) is 5.75 Å². The molecule has 0 aliphatic heterocycles. The van der Waals surface area contributed by atoms with E-state index in [1.807, 2.05) is 0 Å². The molecular weight excluding hydrogens is 278 g/mol. The molecule has 0 aliphatic carbocycles. The number of ether oxygens (including phenoxy) is 1. The minimum atomic E-state index is -1.12. The molecule has 0 aliphatic rings. The van der Waals surface area contributed by atoms with Crippen molar-refractivity contribution in [2.75, 3.05) is 6.61 Å². The molecule has 2 aromatic rings. The van der Waals surface area contributed by atoms with Crippen molar-refractivity contribution in [2.45, 2.75) is 13.0 Å². The summed E-state index contributed by atoms with van der Waals surface area (Å²) in [6, 6.07) is 9.76. The predicted octanol–water partition coefficient (Wildman–Crippen LogP) is 3.28. The van der Waals surface area contributed by atoms with Crippen LogP contribution >= 0.6 is 0 Å². The Kier molecular flexibility index (Phi) is 4.65. The smallest absolute Gasteiger partial charge is 0.163 e. The van der Waals surface area contributed by atoms with Gasteiger partial charge in [-0.05, 0) is 36.8 Å². The number of para-hydroxylation sites is 1.